The first-order chi connectivity index (χ1) is 9.99. The van der Waals surface area contributed by atoms with Gasteiger partial charge in [0, 0.05) is 26.6 Å². The van der Waals surface area contributed by atoms with Crippen LogP contribution in [-0.2, 0) is 14.3 Å². The van der Waals surface area contributed by atoms with Crippen molar-refractivity contribution in [2.45, 2.75) is 31.8 Å². The molecule has 0 saturated carbocycles. The Hall–Kier alpha value is -1.63. The summed E-state index contributed by atoms with van der Waals surface area (Å²) in [5.41, 5.74) is 0. The molecule has 0 aliphatic carbocycles. The molecule has 2 rings (SSSR count). The van der Waals surface area contributed by atoms with Crippen LogP contribution in [-0.4, -0.2) is 79.9 Å². The number of hydrogen-bond acceptors (Lipinski definition) is 5. The number of carbonyl (C=O) groups is 2. The molecule has 1 fully saturated rings. The van der Waals surface area contributed by atoms with Crippen LogP contribution in [0.1, 0.15) is 19.8 Å². The lowest BCUT2D eigenvalue weighted by Gasteiger charge is -2.25. The van der Waals surface area contributed by atoms with Crippen molar-refractivity contribution in [2.24, 2.45) is 4.99 Å². The van der Waals surface area contributed by atoms with E-state index in [0.29, 0.717) is 19.0 Å². The molecule has 2 atom stereocenters. The van der Waals surface area contributed by atoms with E-state index in [2.05, 4.69) is 10.3 Å². The lowest BCUT2D eigenvalue weighted by Crippen LogP contribution is -2.49. The van der Waals surface area contributed by atoms with E-state index in [1.165, 1.54) is 0 Å². The highest BCUT2D eigenvalue weighted by molar-refractivity contribution is 5.92. The number of amides is 2. The average Bonchev–Trinajstić information content (AvgIpc) is 3.05. The minimum absolute atomic E-state index is 0.0673. The van der Waals surface area contributed by atoms with E-state index in [-0.39, 0.29) is 24.5 Å². The highest BCUT2D eigenvalue weighted by atomic mass is 16.5. The summed E-state index contributed by atoms with van der Waals surface area (Å²) >= 11 is 0. The van der Waals surface area contributed by atoms with E-state index in [9.17, 15) is 9.59 Å². The van der Waals surface area contributed by atoms with Gasteiger partial charge in [-0.3, -0.25) is 9.59 Å². The number of ether oxygens (including phenoxy) is 1. The van der Waals surface area contributed by atoms with Gasteiger partial charge in [0.1, 0.15) is 12.6 Å². The number of rotatable bonds is 5. The Labute approximate surface area is 125 Å². The highest BCUT2D eigenvalue weighted by Crippen LogP contribution is 2.20. The summed E-state index contributed by atoms with van der Waals surface area (Å²) in [5, 5.41) is 2.90. The smallest absolute Gasteiger partial charge is 0.251 e. The Morgan fingerprint density at radius 1 is 1.48 bits per heavy atom. The SMILES string of the molecule is CC1=NC(C(=O)N2CCC[C@H]2C(=O)NCCN(C)C)CO1. The molecule has 0 radical (unpaired) electrons. The van der Waals surface area contributed by atoms with Crippen LogP contribution in [0.4, 0.5) is 0 Å². The Bertz CT molecular complexity index is 436. The Balaban J connectivity index is 1.90. The monoisotopic (exact) mass is 296 g/mol. The fourth-order valence-electron chi connectivity index (χ4n) is 2.64. The van der Waals surface area contributed by atoms with Crippen LogP contribution in [0.25, 0.3) is 0 Å². The molecule has 1 unspecified atom stereocenters. The van der Waals surface area contributed by atoms with Crippen molar-refractivity contribution in [1.82, 2.24) is 15.1 Å². The van der Waals surface area contributed by atoms with Gasteiger partial charge in [-0.25, -0.2) is 4.99 Å². The van der Waals surface area contributed by atoms with E-state index >= 15 is 0 Å². The molecular weight excluding hydrogens is 272 g/mol. The maximum Gasteiger partial charge on any atom is 0.251 e. The predicted octanol–water partition coefficient (Wildman–Crippen LogP) is -0.528. The van der Waals surface area contributed by atoms with E-state index in [0.717, 1.165) is 19.4 Å². The first kappa shape index (κ1) is 15.8. The normalized spacial score (nSPS) is 25.0. The minimum Gasteiger partial charge on any atom is -0.478 e. The predicted molar refractivity (Wildman–Crippen MR) is 79.1 cm³/mol. The van der Waals surface area contributed by atoms with Crippen molar-refractivity contribution in [3.05, 3.63) is 0 Å². The van der Waals surface area contributed by atoms with Gasteiger partial charge in [-0.1, -0.05) is 0 Å². The third-order valence-corrected chi connectivity index (χ3v) is 3.77. The first-order valence-corrected chi connectivity index (χ1v) is 7.39. The van der Waals surface area contributed by atoms with E-state index in [1.807, 2.05) is 19.0 Å². The Morgan fingerprint density at radius 2 is 2.24 bits per heavy atom. The van der Waals surface area contributed by atoms with E-state index in [1.54, 1.807) is 11.8 Å². The zero-order valence-corrected chi connectivity index (χ0v) is 13.0. The maximum atomic E-state index is 12.4. The Morgan fingerprint density at radius 3 is 2.86 bits per heavy atom. The highest BCUT2D eigenvalue weighted by Gasteiger charge is 2.38. The van der Waals surface area contributed by atoms with Gasteiger partial charge in [-0.2, -0.15) is 0 Å². The quantitative estimate of drug-likeness (QED) is 0.740. The van der Waals surface area contributed by atoms with Crippen molar-refractivity contribution in [3.63, 3.8) is 0 Å². The van der Waals surface area contributed by atoms with Gasteiger partial charge >= 0.3 is 0 Å². The molecule has 1 N–H and O–H groups in total. The topological polar surface area (TPSA) is 74.2 Å². The average molecular weight is 296 g/mol. The summed E-state index contributed by atoms with van der Waals surface area (Å²) in [6.07, 6.45) is 1.57. The van der Waals surface area contributed by atoms with Crippen LogP contribution in [0.15, 0.2) is 4.99 Å². The summed E-state index contributed by atoms with van der Waals surface area (Å²) in [6, 6.07) is -0.851. The van der Waals surface area contributed by atoms with Crippen LogP contribution in [0.5, 0.6) is 0 Å². The second kappa shape index (κ2) is 6.89. The number of nitrogens with zero attached hydrogens (tertiary/aromatic N) is 3. The number of likely N-dealkylation sites (tertiary alicyclic amines) is 1. The van der Waals surface area contributed by atoms with Crippen molar-refractivity contribution < 1.29 is 14.3 Å². The molecule has 1 saturated heterocycles. The van der Waals surface area contributed by atoms with Gasteiger partial charge in [-0.05, 0) is 26.9 Å². The molecule has 0 aromatic carbocycles. The van der Waals surface area contributed by atoms with Gasteiger partial charge in [-0.15, -0.1) is 0 Å². The molecule has 2 amide bonds. The molecule has 0 bridgehead atoms. The molecule has 21 heavy (non-hydrogen) atoms. The second-order valence-electron chi connectivity index (χ2n) is 5.76. The van der Waals surface area contributed by atoms with Gasteiger partial charge in [0.25, 0.3) is 5.91 Å². The third kappa shape index (κ3) is 3.93. The zero-order chi connectivity index (χ0) is 15.4. The van der Waals surface area contributed by atoms with Gasteiger partial charge in [0.2, 0.25) is 5.91 Å². The summed E-state index contributed by atoms with van der Waals surface area (Å²) in [4.78, 5) is 32.5. The molecule has 2 heterocycles. The van der Waals surface area contributed by atoms with Crippen LogP contribution in [0.2, 0.25) is 0 Å². The fourth-order valence-corrected chi connectivity index (χ4v) is 2.64. The van der Waals surface area contributed by atoms with Gasteiger partial charge in [0.15, 0.2) is 11.9 Å². The lowest BCUT2D eigenvalue weighted by atomic mass is 10.2. The summed E-state index contributed by atoms with van der Waals surface area (Å²) in [6.45, 7) is 4.02. The number of carbonyl (C=O) groups excluding carboxylic acids is 2. The maximum absolute atomic E-state index is 12.4. The van der Waals surface area contributed by atoms with E-state index in [4.69, 9.17) is 4.74 Å². The molecular formula is C14H24N4O3. The number of aliphatic imine (C=N–C) groups is 1. The second-order valence-corrected chi connectivity index (χ2v) is 5.76. The van der Waals surface area contributed by atoms with Crippen molar-refractivity contribution in [3.8, 4) is 0 Å². The largest absolute Gasteiger partial charge is 0.478 e. The summed E-state index contributed by atoms with van der Waals surface area (Å²) in [5.74, 6) is 0.374. The van der Waals surface area contributed by atoms with E-state index < -0.39 is 6.04 Å². The van der Waals surface area contributed by atoms with Crippen LogP contribution < -0.4 is 5.32 Å². The molecule has 0 aromatic rings. The fraction of sp³-hybridized carbons (Fsp3) is 0.786. The number of nitrogens with one attached hydrogen (secondary N) is 1. The van der Waals surface area contributed by atoms with Crippen molar-refractivity contribution in [2.75, 3.05) is 40.3 Å². The third-order valence-electron chi connectivity index (χ3n) is 3.77. The minimum atomic E-state index is -0.486. The van der Waals surface area contributed by atoms with Crippen LogP contribution in [0, 0.1) is 0 Å². The molecule has 7 heteroatoms. The molecule has 118 valence electrons. The first-order valence-electron chi connectivity index (χ1n) is 7.39. The molecule has 0 spiro atoms. The van der Waals surface area contributed by atoms with Crippen molar-refractivity contribution >= 4 is 17.7 Å². The zero-order valence-electron chi connectivity index (χ0n) is 13.0. The number of likely N-dealkylation sites (N-methyl/N-ethyl adjacent to an activating group) is 1. The molecule has 2 aliphatic rings. The summed E-state index contributed by atoms with van der Waals surface area (Å²) < 4.78 is 5.23. The van der Waals surface area contributed by atoms with Crippen LogP contribution >= 0.6 is 0 Å². The van der Waals surface area contributed by atoms with Crippen molar-refractivity contribution in [1.29, 1.82) is 0 Å². The molecule has 0 aromatic heterocycles. The summed E-state index contributed by atoms with van der Waals surface area (Å²) in [7, 11) is 3.91. The number of hydrogen-bond donors (Lipinski definition) is 1. The standard InChI is InChI=1S/C14H24N4O3/c1-10-16-11(9-21-10)14(20)18-7-4-5-12(18)13(19)15-6-8-17(2)3/h11-12H,4-9H2,1-3H3,(H,15,19)/t11?,12-/m0/s1. The Kier molecular flexibility index (Phi) is 5.17. The lowest BCUT2D eigenvalue weighted by molar-refractivity contribution is -0.139. The molecule has 2 aliphatic heterocycles. The van der Waals surface area contributed by atoms with Crippen LogP contribution in [0.3, 0.4) is 0 Å². The van der Waals surface area contributed by atoms with Gasteiger partial charge < -0.3 is 19.9 Å². The molecule has 7 nitrogen and oxygen atoms in total. The van der Waals surface area contributed by atoms with Gasteiger partial charge in [0.05, 0.1) is 0 Å².